The van der Waals surface area contributed by atoms with Crippen molar-refractivity contribution in [1.82, 2.24) is 0 Å². The fourth-order valence-corrected chi connectivity index (χ4v) is 0.205. The van der Waals surface area contributed by atoms with Crippen LogP contribution in [0.5, 0.6) is 0 Å². The van der Waals surface area contributed by atoms with E-state index in [-0.39, 0.29) is 13.2 Å². The third-order valence-electron chi connectivity index (χ3n) is 0.503. The summed E-state index contributed by atoms with van der Waals surface area (Å²) in [5.41, 5.74) is 0. The Balaban J connectivity index is 2.82. The molecule has 0 unspecified atom stereocenters. The molecule has 0 aliphatic heterocycles. The highest BCUT2D eigenvalue weighted by Gasteiger charge is 1.93. The summed E-state index contributed by atoms with van der Waals surface area (Å²) in [7, 11) is 1.44. The Kier molecular flexibility index (Phi) is 4.16. The maximum absolute atomic E-state index is 11.1. The van der Waals surface area contributed by atoms with E-state index in [1.54, 1.807) is 0 Å². The molecule has 0 radical (unpaired) electrons. The van der Waals surface area contributed by atoms with Crippen LogP contribution in [0.25, 0.3) is 0 Å². The SMILES string of the molecule is COCCOC(=O)F. The van der Waals surface area contributed by atoms with Crippen molar-refractivity contribution in [2.45, 2.75) is 0 Å². The van der Waals surface area contributed by atoms with Crippen LogP contribution in [0, 0.1) is 0 Å². The molecule has 0 spiro atoms. The molecule has 0 atom stereocenters. The highest BCUT2D eigenvalue weighted by atomic mass is 19.1. The zero-order valence-corrected chi connectivity index (χ0v) is 4.52. The summed E-state index contributed by atoms with van der Waals surface area (Å²) in [6, 6.07) is 0. The topological polar surface area (TPSA) is 35.5 Å². The molecule has 4 heteroatoms. The minimum Gasteiger partial charge on any atom is -0.438 e. The number of hydrogen-bond donors (Lipinski definition) is 0. The van der Waals surface area contributed by atoms with Gasteiger partial charge in [-0.25, -0.2) is 4.79 Å². The average molecular weight is 122 g/mol. The van der Waals surface area contributed by atoms with Gasteiger partial charge in [-0.3, -0.25) is 0 Å². The van der Waals surface area contributed by atoms with Gasteiger partial charge in [0.25, 0.3) is 0 Å². The van der Waals surface area contributed by atoms with E-state index < -0.39 is 6.22 Å². The van der Waals surface area contributed by atoms with Crippen LogP contribution >= 0.6 is 0 Å². The Morgan fingerprint density at radius 1 is 1.62 bits per heavy atom. The van der Waals surface area contributed by atoms with Gasteiger partial charge in [0.2, 0.25) is 0 Å². The van der Waals surface area contributed by atoms with Gasteiger partial charge in [0.05, 0.1) is 6.61 Å². The van der Waals surface area contributed by atoms with E-state index in [1.807, 2.05) is 0 Å². The maximum Gasteiger partial charge on any atom is 0.495 e. The molecule has 0 saturated heterocycles. The van der Waals surface area contributed by atoms with Crippen molar-refractivity contribution < 1.29 is 18.7 Å². The fourth-order valence-electron chi connectivity index (χ4n) is 0.205. The number of carbonyl (C=O) groups excluding carboxylic acids is 1. The first-order chi connectivity index (χ1) is 3.77. The Labute approximate surface area is 46.4 Å². The molecule has 0 aromatic rings. The van der Waals surface area contributed by atoms with Gasteiger partial charge in [-0.1, -0.05) is 0 Å². The molecule has 0 heterocycles. The Morgan fingerprint density at radius 2 is 2.25 bits per heavy atom. The molecule has 0 fully saturated rings. The van der Waals surface area contributed by atoms with E-state index in [4.69, 9.17) is 0 Å². The Hall–Kier alpha value is -0.640. The van der Waals surface area contributed by atoms with Crippen LogP contribution in [-0.2, 0) is 9.47 Å². The zero-order valence-electron chi connectivity index (χ0n) is 4.52. The third-order valence-corrected chi connectivity index (χ3v) is 0.503. The first-order valence-electron chi connectivity index (χ1n) is 2.08. The monoisotopic (exact) mass is 122 g/mol. The van der Waals surface area contributed by atoms with E-state index >= 15 is 0 Å². The van der Waals surface area contributed by atoms with E-state index in [2.05, 4.69) is 9.47 Å². The molecular formula is C4H7FO3. The van der Waals surface area contributed by atoms with Crippen LogP contribution in [0.15, 0.2) is 0 Å². The highest BCUT2D eigenvalue weighted by molar-refractivity contribution is 5.57. The van der Waals surface area contributed by atoms with Crippen LogP contribution in [0.4, 0.5) is 9.18 Å². The number of carbonyl (C=O) groups is 1. The van der Waals surface area contributed by atoms with Gasteiger partial charge in [-0.2, -0.15) is 0 Å². The predicted octanol–water partition coefficient (Wildman–Crippen LogP) is 0.739. The summed E-state index contributed by atoms with van der Waals surface area (Å²) in [6.45, 7) is 0.210. The van der Waals surface area contributed by atoms with E-state index in [0.717, 1.165) is 0 Å². The van der Waals surface area contributed by atoms with E-state index in [0.29, 0.717) is 0 Å². The molecule has 0 bridgehead atoms. The van der Waals surface area contributed by atoms with Crippen LogP contribution in [-0.4, -0.2) is 26.5 Å². The second-order valence-electron chi connectivity index (χ2n) is 1.08. The van der Waals surface area contributed by atoms with E-state index in [1.165, 1.54) is 7.11 Å². The molecular weight excluding hydrogens is 115 g/mol. The quantitative estimate of drug-likeness (QED) is 0.409. The van der Waals surface area contributed by atoms with Crippen molar-refractivity contribution in [3.8, 4) is 0 Å². The van der Waals surface area contributed by atoms with Crippen molar-refractivity contribution >= 4 is 6.22 Å². The average Bonchev–Trinajstić information content (AvgIpc) is 1.66. The predicted molar refractivity (Wildman–Crippen MR) is 24.3 cm³/mol. The van der Waals surface area contributed by atoms with Gasteiger partial charge in [-0.15, -0.1) is 4.39 Å². The lowest BCUT2D eigenvalue weighted by Crippen LogP contribution is -2.03. The fraction of sp³-hybridized carbons (Fsp3) is 0.750. The minimum atomic E-state index is -1.76. The van der Waals surface area contributed by atoms with Crippen LogP contribution < -0.4 is 0 Å². The van der Waals surface area contributed by atoms with Gasteiger partial charge in [0, 0.05) is 7.11 Å². The van der Waals surface area contributed by atoms with Crippen LogP contribution in [0.2, 0.25) is 0 Å². The molecule has 0 rings (SSSR count). The highest BCUT2D eigenvalue weighted by Crippen LogP contribution is 1.80. The Bertz CT molecular complexity index is 73.7. The largest absolute Gasteiger partial charge is 0.495 e. The van der Waals surface area contributed by atoms with Crippen molar-refractivity contribution in [2.75, 3.05) is 20.3 Å². The number of hydrogen-bond acceptors (Lipinski definition) is 3. The van der Waals surface area contributed by atoms with Gasteiger partial charge in [-0.05, 0) is 0 Å². The minimum absolute atomic E-state index is 0.0220. The second kappa shape index (κ2) is 4.52. The maximum atomic E-state index is 11.1. The summed E-state index contributed by atoms with van der Waals surface area (Å²) in [6.07, 6.45) is -1.76. The van der Waals surface area contributed by atoms with Crippen molar-refractivity contribution in [1.29, 1.82) is 0 Å². The van der Waals surface area contributed by atoms with Gasteiger partial charge in [0.15, 0.2) is 0 Å². The summed E-state index contributed by atoms with van der Waals surface area (Å²) in [5, 5.41) is 0. The first-order valence-corrected chi connectivity index (χ1v) is 2.08. The summed E-state index contributed by atoms with van der Waals surface area (Å²) in [5.74, 6) is 0. The molecule has 8 heavy (non-hydrogen) atoms. The lowest BCUT2D eigenvalue weighted by Gasteiger charge is -1.94. The third kappa shape index (κ3) is 5.36. The lowest BCUT2D eigenvalue weighted by molar-refractivity contribution is 0.0827. The normalized spacial score (nSPS) is 8.75. The summed E-state index contributed by atoms with van der Waals surface area (Å²) >= 11 is 0. The molecule has 0 N–H and O–H groups in total. The van der Waals surface area contributed by atoms with Crippen molar-refractivity contribution in [3.05, 3.63) is 0 Å². The number of halogens is 1. The Morgan fingerprint density at radius 3 is 2.62 bits per heavy atom. The van der Waals surface area contributed by atoms with E-state index in [9.17, 15) is 9.18 Å². The van der Waals surface area contributed by atoms with Crippen LogP contribution in [0.3, 0.4) is 0 Å². The molecule has 0 aliphatic rings. The molecule has 0 aliphatic carbocycles. The number of ether oxygens (including phenoxy) is 2. The standard InChI is InChI=1S/C4H7FO3/c1-7-2-3-8-4(5)6/h2-3H2,1H3. The summed E-state index contributed by atoms with van der Waals surface area (Å²) < 4.78 is 19.4. The molecule has 48 valence electrons. The van der Waals surface area contributed by atoms with Crippen molar-refractivity contribution in [2.24, 2.45) is 0 Å². The lowest BCUT2D eigenvalue weighted by atomic mass is 10.8. The second-order valence-corrected chi connectivity index (χ2v) is 1.08. The molecule has 0 aromatic carbocycles. The van der Waals surface area contributed by atoms with Gasteiger partial charge < -0.3 is 9.47 Å². The van der Waals surface area contributed by atoms with Crippen LogP contribution in [0.1, 0.15) is 0 Å². The molecule has 0 aromatic heterocycles. The smallest absolute Gasteiger partial charge is 0.438 e. The van der Waals surface area contributed by atoms with Crippen molar-refractivity contribution in [3.63, 3.8) is 0 Å². The molecule has 0 saturated carbocycles. The number of rotatable bonds is 3. The zero-order chi connectivity index (χ0) is 6.41. The molecule has 0 amide bonds. The molecule has 3 nitrogen and oxygen atoms in total. The summed E-state index contributed by atoms with van der Waals surface area (Å²) in [4.78, 5) is 9.37. The van der Waals surface area contributed by atoms with Gasteiger partial charge in [0.1, 0.15) is 6.61 Å². The van der Waals surface area contributed by atoms with Gasteiger partial charge >= 0.3 is 6.22 Å². The first kappa shape index (κ1) is 7.36. The number of methoxy groups -OCH3 is 1.